The van der Waals surface area contributed by atoms with Crippen LogP contribution in [-0.4, -0.2) is 34.7 Å². The summed E-state index contributed by atoms with van der Waals surface area (Å²) in [6, 6.07) is 3.20. The van der Waals surface area contributed by atoms with Gasteiger partial charge in [-0.3, -0.25) is 14.3 Å². The van der Waals surface area contributed by atoms with Crippen LogP contribution in [-0.2, 0) is 11.8 Å². The first-order chi connectivity index (χ1) is 11.0. The molecule has 0 spiro atoms. The summed E-state index contributed by atoms with van der Waals surface area (Å²) >= 11 is 6.07. The minimum absolute atomic E-state index is 0.234. The Morgan fingerprint density at radius 2 is 2.13 bits per heavy atom. The maximum Gasteiger partial charge on any atom is 0.287 e. The van der Waals surface area contributed by atoms with Crippen LogP contribution in [0.15, 0.2) is 28.9 Å². The Morgan fingerprint density at radius 3 is 2.74 bits per heavy atom. The van der Waals surface area contributed by atoms with Crippen molar-refractivity contribution in [2.75, 3.05) is 13.1 Å². The molecule has 2 N–H and O–H groups in total. The molecular weight excluding hydrogens is 320 g/mol. The number of hydrogen-bond acceptors (Lipinski definition) is 4. The number of nitrogens with one attached hydrogen (secondary N) is 2. The van der Waals surface area contributed by atoms with Gasteiger partial charge >= 0.3 is 0 Å². The van der Waals surface area contributed by atoms with Crippen LogP contribution in [0.2, 0.25) is 5.15 Å². The van der Waals surface area contributed by atoms with Crippen molar-refractivity contribution in [3.63, 3.8) is 0 Å². The molecule has 0 atom stereocenters. The van der Waals surface area contributed by atoms with Gasteiger partial charge < -0.3 is 15.1 Å². The van der Waals surface area contributed by atoms with E-state index in [2.05, 4.69) is 15.7 Å². The van der Waals surface area contributed by atoms with Gasteiger partial charge in [0.05, 0.1) is 12.0 Å². The summed E-state index contributed by atoms with van der Waals surface area (Å²) < 4.78 is 6.49. The molecule has 2 aromatic rings. The van der Waals surface area contributed by atoms with Gasteiger partial charge in [-0.15, -0.1) is 0 Å². The minimum atomic E-state index is -0.322. The van der Waals surface area contributed by atoms with Crippen LogP contribution in [0.5, 0.6) is 0 Å². The van der Waals surface area contributed by atoms with Crippen molar-refractivity contribution in [2.45, 2.75) is 6.92 Å². The molecule has 0 fully saturated rings. The van der Waals surface area contributed by atoms with Crippen molar-refractivity contribution in [3.8, 4) is 0 Å². The van der Waals surface area contributed by atoms with Gasteiger partial charge in [0.15, 0.2) is 5.76 Å². The summed E-state index contributed by atoms with van der Waals surface area (Å²) in [7, 11) is 1.73. The summed E-state index contributed by atoms with van der Waals surface area (Å²) in [5, 5.41) is 9.91. The largest absolute Gasteiger partial charge is 0.459 e. The highest BCUT2D eigenvalue weighted by Gasteiger charge is 2.09. The second-order valence-corrected chi connectivity index (χ2v) is 5.13. The maximum atomic E-state index is 11.7. The average Bonchev–Trinajstić information content (AvgIpc) is 3.12. The number of hydrogen-bond donors (Lipinski definition) is 2. The van der Waals surface area contributed by atoms with E-state index in [1.54, 1.807) is 29.9 Å². The van der Waals surface area contributed by atoms with Gasteiger partial charge in [0.2, 0.25) is 5.91 Å². The molecule has 0 aromatic carbocycles. The first kappa shape index (κ1) is 16.8. The van der Waals surface area contributed by atoms with Gasteiger partial charge in [0.1, 0.15) is 5.15 Å². The molecule has 2 heterocycles. The molecule has 0 aliphatic carbocycles. The summed E-state index contributed by atoms with van der Waals surface area (Å²) in [5.41, 5.74) is 1.45. The van der Waals surface area contributed by atoms with Gasteiger partial charge in [-0.2, -0.15) is 5.10 Å². The normalized spacial score (nSPS) is 10.9. The number of aromatic nitrogens is 2. The number of rotatable bonds is 6. The van der Waals surface area contributed by atoms with Crippen LogP contribution in [0.1, 0.15) is 21.8 Å². The zero-order valence-corrected chi connectivity index (χ0v) is 13.6. The monoisotopic (exact) mass is 336 g/mol. The molecule has 2 aromatic heterocycles. The van der Waals surface area contributed by atoms with Crippen molar-refractivity contribution in [1.29, 1.82) is 0 Å². The topological polar surface area (TPSA) is 89.2 Å². The molecule has 0 radical (unpaired) electrons. The molecule has 2 rings (SSSR count). The van der Waals surface area contributed by atoms with Crippen molar-refractivity contribution < 1.29 is 14.0 Å². The third-order valence-corrected chi connectivity index (χ3v) is 3.50. The lowest BCUT2D eigenvalue weighted by molar-refractivity contribution is -0.116. The zero-order valence-electron chi connectivity index (χ0n) is 12.8. The summed E-state index contributed by atoms with van der Waals surface area (Å²) in [4.78, 5) is 23.3. The fraction of sp³-hybridized carbons (Fsp3) is 0.267. The van der Waals surface area contributed by atoms with Crippen LogP contribution in [0, 0.1) is 6.92 Å². The smallest absolute Gasteiger partial charge is 0.287 e. The Morgan fingerprint density at radius 1 is 1.39 bits per heavy atom. The highest BCUT2D eigenvalue weighted by atomic mass is 35.5. The van der Waals surface area contributed by atoms with Crippen LogP contribution in [0.4, 0.5) is 0 Å². The van der Waals surface area contributed by atoms with Gasteiger partial charge in [-0.1, -0.05) is 11.6 Å². The molecule has 23 heavy (non-hydrogen) atoms. The summed E-state index contributed by atoms with van der Waals surface area (Å²) in [6.07, 6.45) is 4.42. The van der Waals surface area contributed by atoms with Gasteiger partial charge in [-0.25, -0.2) is 0 Å². The number of carbonyl (C=O) groups excluding carboxylic acids is 2. The molecule has 0 unspecified atom stereocenters. The van der Waals surface area contributed by atoms with Crippen molar-refractivity contribution in [3.05, 3.63) is 46.6 Å². The van der Waals surface area contributed by atoms with Crippen LogP contribution in [0.3, 0.4) is 0 Å². The SMILES string of the molecule is Cc1nn(C)c(Cl)c1/C=C/C(=O)NCCNC(=O)c1ccco1. The number of halogens is 1. The summed E-state index contributed by atoms with van der Waals surface area (Å²) in [6.45, 7) is 2.41. The lowest BCUT2D eigenvalue weighted by atomic mass is 10.2. The molecule has 0 aliphatic heterocycles. The van der Waals surface area contributed by atoms with Crippen LogP contribution < -0.4 is 10.6 Å². The van der Waals surface area contributed by atoms with E-state index in [4.69, 9.17) is 16.0 Å². The Bertz CT molecular complexity index is 719. The van der Waals surface area contributed by atoms with E-state index in [9.17, 15) is 9.59 Å². The highest BCUT2D eigenvalue weighted by Crippen LogP contribution is 2.19. The van der Waals surface area contributed by atoms with Crippen molar-refractivity contribution in [2.24, 2.45) is 7.05 Å². The Balaban J connectivity index is 1.75. The van der Waals surface area contributed by atoms with E-state index in [1.807, 2.05) is 6.92 Å². The standard InChI is InChI=1S/C15H17ClN4O3/c1-10-11(14(16)20(2)19-10)5-6-13(21)17-7-8-18-15(22)12-4-3-9-23-12/h3-6,9H,7-8H2,1-2H3,(H,17,21)(H,18,22)/b6-5+. The Hall–Kier alpha value is -2.54. The molecule has 0 saturated heterocycles. The van der Waals surface area contributed by atoms with Crippen molar-refractivity contribution in [1.82, 2.24) is 20.4 Å². The van der Waals surface area contributed by atoms with Crippen LogP contribution in [0.25, 0.3) is 6.08 Å². The van der Waals surface area contributed by atoms with E-state index < -0.39 is 0 Å². The molecule has 122 valence electrons. The third-order valence-electron chi connectivity index (χ3n) is 3.05. The first-order valence-corrected chi connectivity index (χ1v) is 7.33. The molecule has 0 aliphatic rings. The molecule has 7 nitrogen and oxygen atoms in total. The number of aryl methyl sites for hydroxylation is 2. The van der Waals surface area contributed by atoms with Gasteiger partial charge in [0, 0.05) is 31.8 Å². The summed E-state index contributed by atoms with van der Waals surface area (Å²) in [5.74, 6) is -0.368. The Labute approximate surface area is 138 Å². The first-order valence-electron chi connectivity index (χ1n) is 6.95. The number of carbonyl (C=O) groups is 2. The molecule has 0 bridgehead atoms. The number of furan rings is 1. The number of amides is 2. The van der Waals surface area contributed by atoms with E-state index in [0.717, 1.165) is 5.69 Å². The van der Waals surface area contributed by atoms with E-state index >= 15 is 0 Å². The quantitative estimate of drug-likeness (QED) is 0.618. The predicted octanol–water partition coefficient (Wildman–Crippen LogP) is 1.53. The zero-order chi connectivity index (χ0) is 16.8. The lowest BCUT2D eigenvalue weighted by Crippen LogP contribution is -2.33. The average molecular weight is 337 g/mol. The maximum absolute atomic E-state index is 11.7. The second-order valence-electron chi connectivity index (χ2n) is 4.77. The minimum Gasteiger partial charge on any atom is -0.459 e. The second kappa shape index (κ2) is 7.64. The van der Waals surface area contributed by atoms with Gasteiger partial charge in [-0.05, 0) is 25.1 Å². The molecule has 0 saturated carbocycles. The highest BCUT2D eigenvalue weighted by molar-refractivity contribution is 6.31. The Kier molecular flexibility index (Phi) is 5.59. The fourth-order valence-corrected chi connectivity index (χ4v) is 2.15. The van der Waals surface area contributed by atoms with E-state index in [-0.39, 0.29) is 17.6 Å². The lowest BCUT2D eigenvalue weighted by Gasteiger charge is -2.03. The van der Waals surface area contributed by atoms with E-state index in [1.165, 1.54) is 12.3 Å². The fourth-order valence-electron chi connectivity index (χ4n) is 1.91. The molecule has 8 heteroatoms. The van der Waals surface area contributed by atoms with Crippen LogP contribution >= 0.6 is 11.6 Å². The molecule has 2 amide bonds. The number of nitrogens with zero attached hydrogens (tertiary/aromatic N) is 2. The van der Waals surface area contributed by atoms with Crippen molar-refractivity contribution >= 4 is 29.5 Å². The predicted molar refractivity (Wildman–Crippen MR) is 86.0 cm³/mol. The van der Waals surface area contributed by atoms with Gasteiger partial charge in [0.25, 0.3) is 5.91 Å². The van der Waals surface area contributed by atoms with E-state index in [0.29, 0.717) is 23.8 Å². The molecular formula is C15H17ClN4O3. The third kappa shape index (κ3) is 4.46.